The monoisotopic (exact) mass is 312 g/mol. The number of hydrogen-bond donors (Lipinski definition) is 2. The molecule has 0 bridgehead atoms. The first-order valence-corrected chi connectivity index (χ1v) is 8.07. The van der Waals surface area contributed by atoms with E-state index in [-0.39, 0.29) is 6.54 Å². The normalized spacial score (nSPS) is 12.1. The fraction of sp³-hybridized carbons (Fsp3) is 0.357. The Bertz CT molecular complexity index is 607. The minimum Gasteiger partial charge on any atom is -0.478 e. The SMILES string of the molecule is CCN(CC)S(=O)(=O)NCc1cccc(C=CC(=O)O)c1. The minimum absolute atomic E-state index is 0.160. The van der Waals surface area contributed by atoms with Crippen molar-refractivity contribution in [1.82, 2.24) is 9.03 Å². The summed E-state index contributed by atoms with van der Waals surface area (Å²) in [6, 6.07) is 7.03. The lowest BCUT2D eigenvalue weighted by atomic mass is 10.1. The smallest absolute Gasteiger partial charge is 0.328 e. The van der Waals surface area contributed by atoms with Crippen molar-refractivity contribution in [2.24, 2.45) is 0 Å². The van der Waals surface area contributed by atoms with Crippen molar-refractivity contribution in [3.8, 4) is 0 Å². The molecule has 0 radical (unpaired) electrons. The second kappa shape index (κ2) is 7.92. The molecular formula is C14H20N2O4S. The number of carboxylic acid groups (broad SMARTS) is 1. The third-order valence-electron chi connectivity index (χ3n) is 2.87. The van der Waals surface area contributed by atoms with Crippen molar-refractivity contribution in [3.63, 3.8) is 0 Å². The van der Waals surface area contributed by atoms with E-state index in [0.717, 1.165) is 11.6 Å². The molecule has 0 unspecified atom stereocenters. The fourth-order valence-corrected chi connectivity index (χ4v) is 3.02. The highest BCUT2D eigenvalue weighted by molar-refractivity contribution is 7.87. The zero-order chi connectivity index (χ0) is 15.9. The van der Waals surface area contributed by atoms with Crippen molar-refractivity contribution < 1.29 is 18.3 Å². The van der Waals surface area contributed by atoms with Gasteiger partial charge in [-0.2, -0.15) is 17.4 Å². The number of hydrogen-bond acceptors (Lipinski definition) is 3. The number of rotatable bonds is 8. The average Bonchev–Trinajstić information content (AvgIpc) is 2.44. The van der Waals surface area contributed by atoms with Crippen LogP contribution in [0.15, 0.2) is 30.3 Å². The summed E-state index contributed by atoms with van der Waals surface area (Å²) < 4.78 is 27.8. The Kier molecular flexibility index (Phi) is 6.54. The lowest BCUT2D eigenvalue weighted by molar-refractivity contribution is -0.131. The molecule has 0 spiro atoms. The third-order valence-corrected chi connectivity index (χ3v) is 4.58. The molecule has 0 aliphatic rings. The zero-order valence-corrected chi connectivity index (χ0v) is 12.9. The molecule has 1 aromatic carbocycles. The average molecular weight is 312 g/mol. The predicted octanol–water partition coefficient (Wildman–Crippen LogP) is 1.46. The van der Waals surface area contributed by atoms with E-state index in [1.807, 2.05) is 0 Å². The molecular weight excluding hydrogens is 292 g/mol. The van der Waals surface area contributed by atoms with Gasteiger partial charge in [0.05, 0.1) is 0 Å². The largest absolute Gasteiger partial charge is 0.478 e. The molecule has 1 rings (SSSR count). The van der Waals surface area contributed by atoms with Crippen molar-refractivity contribution in [3.05, 3.63) is 41.5 Å². The lowest BCUT2D eigenvalue weighted by Crippen LogP contribution is -2.40. The quantitative estimate of drug-likeness (QED) is 0.712. The minimum atomic E-state index is -3.49. The van der Waals surface area contributed by atoms with Gasteiger partial charge in [0.25, 0.3) is 10.2 Å². The maximum absolute atomic E-state index is 12.0. The highest BCUT2D eigenvalue weighted by Crippen LogP contribution is 2.08. The number of benzene rings is 1. The van der Waals surface area contributed by atoms with Gasteiger partial charge >= 0.3 is 5.97 Å². The van der Waals surface area contributed by atoms with E-state index >= 15 is 0 Å². The van der Waals surface area contributed by atoms with E-state index in [4.69, 9.17) is 5.11 Å². The van der Waals surface area contributed by atoms with Gasteiger partial charge in [-0.05, 0) is 17.2 Å². The van der Waals surface area contributed by atoms with Crippen molar-refractivity contribution in [1.29, 1.82) is 0 Å². The van der Waals surface area contributed by atoms with Crippen LogP contribution in [-0.2, 0) is 21.5 Å². The van der Waals surface area contributed by atoms with Crippen LogP contribution in [0, 0.1) is 0 Å². The second-order valence-electron chi connectivity index (χ2n) is 4.33. The van der Waals surface area contributed by atoms with Crippen LogP contribution in [0.25, 0.3) is 6.08 Å². The van der Waals surface area contributed by atoms with Crippen LogP contribution < -0.4 is 4.72 Å². The molecule has 0 fully saturated rings. The van der Waals surface area contributed by atoms with E-state index in [2.05, 4.69) is 4.72 Å². The van der Waals surface area contributed by atoms with E-state index in [1.165, 1.54) is 10.4 Å². The summed E-state index contributed by atoms with van der Waals surface area (Å²) >= 11 is 0. The molecule has 0 heterocycles. The maximum atomic E-state index is 12.0. The Hall–Kier alpha value is -1.70. The van der Waals surface area contributed by atoms with Gasteiger partial charge in [0.2, 0.25) is 0 Å². The summed E-state index contributed by atoms with van der Waals surface area (Å²) in [7, 11) is -3.49. The summed E-state index contributed by atoms with van der Waals surface area (Å²) in [5.74, 6) is -1.03. The summed E-state index contributed by atoms with van der Waals surface area (Å²) in [5, 5.41) is 8.59. The molecule has 0 saturated carbocycles. The molecule has 0 atom stereocenters. The first-order valence-electron chi connectivity index (χ1n) is 6.63. The van der Waals surface area contributed by atoms with Crippen molar-refractivity contribution in [2.45, 2.75) is 20.4 Å². The Morgan fingerprint density at radius 3 is 2.57 bits per heavy atom. The summed E-state index contributed by atoms with van der Waals surface area (Å²) in [6.07, 6.45) is 2.50. The summed E-state index contributed by atoms with van der Waals surface area (Å²) in [4.78, 5) is 10.5. The number of carboxylic acids is 1. The summed E-state index contributed by atoms with van der Waals surface area (Å²) in [6.45, 7) is 4.54. The molecule has 7 heteroatoms. The van der Waals surface area contributed by atoms with Gasteiger partial charge in [0.15, 0.2) is 0 Å². The Balaban J connectivity index is 2.76. The number of nitrogens with zero attached hydrogens (tertiary/aromatic N) is 1. The van der Waals surface area contributed by atoms with Crippen LogP contribution in [0.2, 0.25) is 0 Å². The fourth-order valence-electron chi connectivity index (χ4n) is 1.80. The zero-order valence-electron chi connectivity index (χ0n) is 12.1. The molecule has 0 amide bonds. The van der Waals surface area contributed by atoms with E-state index < -0.39 is 16.2 Å². The van der Waals surface area contributed by atoms with Crippen LogP contribution >= 0.6 is 0 Å². The van der Waals surface area contributed by atoms with Gasteiger partial charge in [0, 0.05) is 25.7 Å². The number of nitrogens with one attached hydrogen (secondary N) is 1. The van der Waals surface area contributed by atoms with Gasteiger partial charge in [-0.15, -0.1) is 0 Å². The molecule has 21 heavy (non-hydrogen) atoms. The predicted molar refractivity (Wildman–Crippen MR) is 81.8 cm³/mol. The first kappa shape index (κ1) is 17.4. The topological polar surface area (TPSA) is 86.7 Å². The van der Waals surface area contributed by atoms with Gasteiger partial charge in [0.1, 0.15) is 0 Å². The van der Waals surface area contributed by atoms with Crippen LogP contribution in [0.1, 0.15) is 25.0 Å². The van der Waals surface area contributed by atoms with Crippen LogP contribution in [0.4, 0.5) is 0 Å². The van der Waals surface area contributed by atoms with Crippen LogP contribution in [0.5, 0.6) is 0 Å². The molecule has 6 nitrogen and oxygen atoms in total. The molecule has 116 valence electrons. The lowest BCUT2D eigenvalue weighted by Gasteiger charge is -2.18. The van der Waals surface area contributed by atoms with Crippen LogP contribution in [0.3, 0.4) is 0 Å². The summed E-state index contributed by atoms with van der Waals surface area (Å²) in [5.41, 5.74) is 1.47. The highest BCUT2D eigenvalue weighted by atomic mass is 32.2. The van der Waals surface area contributed by atoms with Gasteiger partial charge < -0.3 is 5.11 Å². The molecule has 0 saturated heterocycles. The Labute approximate surface area is 125 Å². The van der Waals surface area contributed by atoms with Gasteiger partial charge in [-0.3, -0.25) is 0 Å². The molecule has 0 aliphatic carbocycles. The molecule has 1 aromatic rings. The Morgan fingerprint density at radius 2 is 2.00 bits per heavy atom. The molecule has 0 aliphatic heterocycles. The number of carbonyl (C=O) groups is 1. The van der Waals surface area contributed by atoms with Gasteiger partial charge in [-0.25, -0.2) is 4.79 Å². The van der Waals surface area contributed by atoms with Crippen molar-refractivity contribution >= 4 is 22.3 Å². The van der Waals surface area contributed by atoms with Gasteiger partial charge in [-0.1, -0.05) is 38.1 Å². The van der Waals surface area contributed by atoms with E-state index in [0.29, 0.717) is 18.7 Å². The maximum Gasteiger partial charge on any atom is 0.328 e. The van der Waals surface area contributed by atoms with E-state index in [1.54, 1.807) is 38.1 Å². The Morgan fingerprint density at radius 1 is 1.33 bits per heavy atom. The van der Waals surface area contributed by atoms with Crippen molar-refractivity contribution in [2.75, 3.05) is 13.1 Å². The number of aliphatic carboxylic acids is 1. The molecule has 2 N–H and O–H groups in total. The standard InChI is InChI=1S/C14H20N2O4S/c1-3-16(4-2)21(19,20)15-11-13-7-5-6-12(10-13)8-9-14(17)18/h5-10,15H,3-4,11H2,1-2H3,(H,17,18). The van der Waals surface area contributed by atoms with E-state index in [9.17, 15) is 13.2 Å². The first-order chi connectivity index (χ1) is 9.89. The van der Waals surface area contributed by atoms with Crippen LogP contribution in [-0.4, -0.2) is 36.9 Å². The third kappa shape index (κ3) is 5.66. The highest BCUT2D eigenvalue weighted by Gasteiger charge is 2.17. The second-order valence-corrected chi connectivity index (χ2v) is 6.08. The molecule has 0 aromatic heterocycles.